The van der Waals surface area contributed by atoms with Crippen LogP contribution in [0.3, 0.4) is 0 Å². The molecule has 6 heteroatoms. The minimum atomic E-state index is -1.05. The Kier molecular flexibility index (Phi) is 4.99. The van der Waals surface area contributed by atoms with Crippen LogP contribution in [0.1, 0.15) is 25.0 Å². The number of amides is 2. The van der Waals surface area contributed by atoms with Crippen molar-refractivity contribution in [3.63, 3.8) is 0 Å². The van der Waals surface area contributed by atoms with Gasteiger partial charge in [0.15, 0.2) is 0 Å². The van der Waals surface area contributed by atoms with E-state index in [2.05, 4.69) is 0 Å². The molecule has 1 unspecified atom stereocenters. The molecule has 2 heterocycles. The number of carbonyl (C=O) groups is 3. The second-order valence-corrected chi connectivity index (χ2v) is 6.98. The van der Waals surface area contributed by atoms with E-state index in [1.54, 1.807) is 36.4 Å². The lowest BCUT2D eigenvalue weighted by Gasteiger charge is -2.27. The van der Waals surface area contributed by atoms with Crippen molar-refractivity contribution < 1.29 is 18.8 Å². The maximum Gasteiger partial charge on any atom is 0.259 e. The highest BCUT2D eigenvalue weighted by molar-refractivity contribution is 6.23. The van der Waals surface area contributed by atoms with Crippen molar-refractivity contribution in [2.24, 2.45) is 5.92 Å². The number of anilines is 2. The number of hydrogen-bond donors (Lipinski definition) is 0. The van der Waals surface area contributed by atoms with Crippen molar-refractivity contribution in [2.45, 2.75) is 19.3 Å². The number of furan rings is 1. The molecule has 0 aliphatic carbocycles. The Hall–Kier alpha value is -3.67. The Labute approximate surface area is 168 Å². The Balaban J connectivity index is 1.82. The van der Waals surface area contributed by atoms with Gasteiger partial charge in [0.05, 0.1) is 17.6 Å². The summed E-state index contributed by atoms with van der Waals surface area (Å²) in [7, 11) is 0. The fraction of sp³-hybridized carbons (Fsp3) is 0.174. The van der Waals surface area contributed by atoms with Gasteiger partial charge in [-0.25, -0.2) is 10.0 Å². The van der Waals surface area contributed by atoms with Crippen molar-refractivity contribution in [1.82, 2.24) is 0 Å². The molecule has 29 heavy (non-hydrogen) atoms. The summed E-state index contributed by atoms with van der Waals surface area (Å²) in [5.41, 5.74) is 1.16. The third-order valence-corrected chi connectivity index (χ3v) is 4.97. The molecule has 0 spiro atoms. The largest absolute Gasteiger partial charge is 0.469 e. The van der Waals surface area contributed by atoms with Gasteiger partial charge in [0, 0.05) is 12.3 Å². The number of nitrogens with zero attached hydrogens (tertiary/aromatic N) is 2. The average Bonchev–Trinajstić information content (AvgIpc) is 3.34. The van der Waals surface area contributed by atoms with Crippen LogP contribution >= 0.6 is 0 Å². The third kappa shape index (κ3) is 3.45. The molecule has 1 saturated heterocycles. The quantitative estimate of drug-likeness (QED) is 0.600. The maximum absolute atomic E-state index is 13.5. The highest BCUT2D eigenvalue weighted by Crippen LogP contribution is 2.40. The summed E-state index contributed by atoms with van der Waals surface area (Å²) in [5.74, 6) is -2.14. The van der Waals surface area contributed by atoms with Crippen molar-refractivity contribution in [2.75, 3.05) is 10.0 Å². The Morgan fingerprint density at radius 2 is 1.38 bits per heavy atom. The molecule has 0 N–H and O–H groups in total. The van der Waals surface area contributed by atoms with Crippen LogP contribution in [0.5, 0.6) is 0 Å². The van der Waals surface area contributed by atoms with Crippen LogP contribution in [-0.4, -0.2) is 17.6 Å². The van der Waals surface area contributed by atoms with Crippen LogP contribution in [-0.2, 0) is 14.4 Å². The van der Waals surface area contributed by atoms with Crippen LogP contribution in [0.25, 0.3) is 0 Å². The van der Waals surface area contributed by atoms with Crippen molar-refractivity contribution >= 4 is 29.0 Å². The minimum Gasteiger partial charge on any atom is -0.469 e. The molecule has 1 aliphatic heterocycles. The molecule has 0 radical (unpaired) electrons. The molecule has 0 saturated carbocycles. The summed E-state index contributed by atoms with van der Waals surface area (Å²) in [6.07, 6.45) is 1.53. The zero-order chi connectivity index (χ0) is 20.4. The molecular formula is C23H20N2O4. The van der Waals surface area contributed by atoms with Gasteiger partial charge in [-0.05, 0) is 43.3 Å². The van der Waals surface area contributed by atoms with E-state index in [4.69, 9.17) is 4.42 Å². The minimum absolute atomic E-state index is 0.0426. The van der Waals surface area contributed by atoms with E-state index in [1.165, 1.54) is 23.2 Å². The number of carbonyl (C=O) groups excluding carboxylic acids is 3. The van der Waals surface area contributed by atoms with E-state index >= 15 is 0 Å². The third-order valence-electron chi connectivity index (χ3n) is 4.97. The topological polar surface area (TPSA) is 70.8 Å². The average molecular weight is 388 g/mol. The Morgan fingerprint density at radius 3 is 1.79 bits per heavy atom. The fourth-order valence-electron chi connectivity index (χ4n) is 3.73. The van der Waals surface area contributed by atoms with Gasteiger partial charge in [-0.15, -0.1) is 0 Å². The number of ketones is 1. The van der Waals surface area contributed by atoms with E-state index in [0.717, 1.165) is 0 Å². The summed E-state index contributed by atoms with van der Waals surface area (Å²) in [6, 6.07) is 21.4. The van der Waals surface area contributed by atoms with E-state index in [0.29, 0.717) is 17.1 Å². The van der Waals surface area contributed by atoms with E-state index < -0.39 is 11.8 Å². The highest BCUT2D eigenvalue weighted by atomic mass is 16.3. The summed E-state index contributed by atoms with van der Waals surface area (Å²) < 4.78 is 5.49. The summed E-state index contributed by atoms with van der Waals surface area (Å²) in [5, 5.41) is 2.77. The molecule has 2 aromatic carbocycles. The monoisotopic (exact) mass is 388 g/mol. The van der Waals surface area contributed by atoms with Gasteiger partial charge in [0.1, 0.15) is 17.5 Å². The van der Waals surface area contributed by atoms with Gasteiger partial charge in [-0.3, -0.25) is 9.59 Å². The van der Waals surface area contributed by atoms with Gasteiger partial charge in [-0.1, -0.05) is 36.4 Å². The number of Topliss-reactive ketones (excluding diaryl/α,β-unsaturated/α-hetero) is 1. The van der Waals surface area contributed by atoms with Crippen molar-refractivity contribution in [3.8, 4) is 0 Å². The number of hydrazine groups is 1. The van der Waals surface area contributed by atoms with Crippen LogP contribution < -0.4 is 10.0 Å². The molecule has 2 amide bonds. The Morgan fingerprint density at radius 1 is 0.862 bits per heavy atom. The van der Waals surface area contributed by atoms with Gasteiger partial charge in [0.2, 0.25) is 0 Å². The fourth-order valence-corrected chi connectivity index (χ4v) is 3.73. The molecule has 1 atom stereocenters. The zero-order valence-corrected chi connectivity index (χ0v) is 15.9. The first-order valence-corrected chi connectivity index (χ1v) is 9.38. The summed E-state index contributed by atoms with van der Waals surface area (Å²) in [4.78, 5) is 39.0. The maximum atomic E-state index is 13.5. The molecular weight excluding hydrogens is 368 g/mol. The molecule has 4 rings (SSSR count). The smallest absolute Gasteiger partial charge is 0.259 e. The molecule has 3 aromatic rings. The Bertz CT molecular complexity index is 958. The SMILES string of the molecule is CC(=O)CC(c1ccco1)C1C(=O)N(c2ccccc2)N(c2ccccc2)C1=O. The van der Waals surface area contributed by atoms with E-state index in [-0.39, 0.29) is 24.0 Å². The number of para-hydroxylation sites is 2. The number of rotatable bonds is 6. The highest BCUT2D eigenvalue weighted by Gasteiger charge is 2.51. The van der Waals surface area contributed by atoms with Gasteiger partial charge >= 0.3 is 0 Å². The lowest BCUT2D eigenvalue weighted by Crippen LogP contribution is -2.41. The second-order valence-electron chi connectivity index (χ2n) is 6.98. The standard InChI is InChI=1S/C23H20N2O4/c1-16(26)15-19(20-13-8-14-29-20)21-22(27)24(17-9-4-2-5-10-17)25(23(21)28)18-11-6-3-7-12-18/h2-14,19,21H,15H2,1H3. The molecule has 6 nitrogen and oxygen atoms in total. The van der Waals surface area contributed by atoms with Crippen molar-refractivity contribution in [1.29, 1.82) is 0 Å². The predicted octanol–water partition coefficient (Wildman–Crippen LogP) is 3.95. The van der Waals surface area contributed by atoms with Crippen LogP contribution in [0, 0.1) is 5.92 Å². The first-order valence-electron chi connectivity index (χ1n) is 9.38. The molecule has 0 bridgehead atoms. The van der Waals surface area contributed by atoms with Crippen LogP contribution in [0.2, 0.25) is 0 Å². The predicted molar refractivity (Wildman–Crippen MR) is 108 cm³/mol. The normalized spacial score (nSPS) is 15.8. The molecule has 1 fully saturated rings. The number of benzene rings is 2. The summed E-state index contributed by atoms with van der Waals surface area (Å²) in [6.45, 7) is 1.45. The lowest BCUT2D eigenvalue weighted by atomic mass is 9.85. The first-order chi connectivity index (χ1) is 14.1. The molecule has 1 aliphatic rings. The summed E-state index contributed by atoms with van der Waals surface area (Å²) >= 11 is 0. The molecule has 1 aromatic heterocycles. The van der Waals surface area contributed by atoms with Gasteiger partial charge in [0.25, 0.3) is 11.8 Å². The van der Waals surface area contributed by atoms with Gasteiger partial charge in [-0.2, -0.15) is 0 Å². The lowest BCUT2D eigenvalue weighted by molar-refractivity contribution is -0.128. The first kappa shape index (κ1) is 18.7. The zero-order valence-electron chi connectivity index (χ0n) is 15.9. The van der Waals surface area contributed by atoms with E-state index in [1.807, 2.05) is 36.4 Å². The van der Waals surface area contributed by atoms with E-state index in [9.17, 15) is 14.4 Å². The van der Waals surface area contributed by atoms with Crippen molar-refractivity contribution in [3.05, 3.63) is 84.8 Å². The second kappa shape index (κ2) is 7.75. The van der Waals surface area contributed by atoms with Gasteiger partial charge < -0.3 is 9.21 Å². The number of hydrogen-bond acceptors (Lipinski definition) is 4. The van der Waals surface area contributed by atoms with Crippen LogP contribution in [0.15, 0.2) is 83.5 Å². The van der Waals surface area contributed by atoms with Crippen LogP contribution in [0.4, 0.5) is 11.4 Å². The molecule has 146 valence electrons.